The van der Waals surface area contributed by atoms with Crippen LogP contribution in [0.15, 0.2) is 0 Å². The molecule has 0 bridgehead atoms. The Morgan fingerprint density at radius 3 is 2.95 bits per heavy atom. The number of ether oxygens (including phenoxy) is 2. The average Bonchev–Trinajstić information content (AvgIpc) is 3.04. The second-order valence-electron chi connectivity index (χ2n) is 4.84. The van der Waals surface area contributed by atoms with Gasteiger partial charge >= 0.3 is 5.97 Å². The monoisotopic (exact) mass is 267 g/mol. The van der Waals surface area contributed by atoms with Crippen LogP contribution in [0.3, 0.4) is 0 Å². The molecule has 0 amide bonds. The van der Waals surface area contributed by atoms with Crippen molar-refractivity contribution in [2.45, 2.75) is 32.7 Å². The molecule has 1 aliphatic heterocycles. The van der Waals surface area contributed by atoms with Crippen molar-refractivity contribution >= 4 is 11.8 Å². The standard InChI is InChI=1S/C13H21N3O3/c1-4-10-15-11(13(17)18-3)12(14)16(10)8(2)9-5-6-19-7-9/h8-9H,4-7,14H2,1-3H3. The number of methoxy groups -OCH3 is 1. The van der Waals surface area contributed by atoms with E-state index in [1.807, 2.05) is 11.5 Å². The second-order valence-corrected chi connectivity index (χ2v) is 4.84. The quantitative estimate of drug-likeness (QED) is 0.834. The number of carbonyl (C=O) groups excluding carboxylic acids is 1. The zero-order valence-corrected chi connectivity index (χ0v) is 11.7. The number of nitrogens with two attached hydrogens (primary N) is 1. The van der Waals surface area contributed by atoms with Gasteiger partial charge in [0.2, 0.25) is 0 Å². The Kier molecular flexibility index (Phi) is 4.09. The van der Waals surface area contributed by atoms with Crippen molar-refractivity contribution in [3.05, 3.63) is 11.5 Å². The molecule has 2 atom stereocenters. The molecule has 1 fully saturated rings. The predicted octanol–water partition coefficient (Wildman–Crippen LogP) is 1.41. The van der Waals surface area contributed by atoms with Gasteiger partial charge in [-0.05, 0) is 13.3 Å². The summed E-state index contributed by atoms with van der Waals surface area (Å²) in [7, 11) is 1.33. The van der Waals surface area contributed by atoms with Crippen LogP contribution in [0, 0.1) is 5.92 Å². The van der Waals surface area contributed by atoms with Gasteiger partial charge in [0.05, 0.1) is 13.7 Å². The van der Waals surface area contributed by atoms with Gasteiger partial charge in [-0.1, -0.05) is 6.92 Å². The summed E-state index contributed by atoms with van der Waals surface area (Å²) < 4.78 is 12.1. The second kappa shape index (κ2) is 5.61. The SMILES string of the molecule is CCc1nc(C(=O)OC)c(N)n1C(C)C1CCOC1. The van der Waals surface area contributed by atoms with Gasteiger partial charge in [0.25, 0.3) is 0 Å². The summed E-state index contributed by atoms with van der Waals surface area (Å²) in [5, 5.41) is 0. The van der Waals surface area contributed by atoms with Crippen molar-refractivity contribution in [1.29, 1.82) is 0 Å². The lowest BCUT2D eigenvalue weighted by molar-refractivity contribution is 0.0595. The van der Waals surface area contributed by atoms with Gasteiger partial charge in [0, 0.05) is 25.0 Å². The first-order valence-corrected chi connectivity index (χ1v) is 6.62. The van der Waals surface area contributed by atoms with Crippen molar-refractivity contribution in [1.82, 2.24) is 9.55 Å². The van der Waals surface area contributed by atoms with Crippen LogP contribution in [0.25, 0.3) is 0 Å². The van der Waals surface area contributed by atoms with Crippen molar-refractivity contribution in [2.24, 2.45) is 5.92 Å². The number of nitrogens with zero attached hydrogens (tertiary/aromatic N) is 2. The van der Waals surface area contributed by atoms with Crippen molar-refractivity contribution in [2.75, 3.05) is 26.1 Å². The van der Waals surface area contributed by atoms with Gasteiger partial charge in [0.15, 0.2) is 5.69 Å². The minimum Gasteiger partial charge on any atom is -0.464 e. The Bertz CT molecular complexity index is 464. The van der Waals surface area contributed by atoms with Crippen LogP contribution in [-0.4, -0.2) is 35.8 Å². The van der Waals surface area contributed by atoms with E-state index in [1.165, 1.54) is 7.11 Å². The van der Waals surface area contributed by atoms with E-state index in [0.717, 1.165) is 31.9 Å². The number of nitrogen functional groups attached to an aromatic ring is 1. The molecular formula is C13H21N3O3. The van der Waals surface area contributed by atoms with Crippen LogP contribution in [0.2, 0.25) is 0 Å². The molecule has 106 valence electrons. The normalized spacial score (nSPS) is 20.5. The zero-order chi connectivity index (χ0) is 14.0. The van der Waals surface area contributed by atoms with E-state index in [1.54, 1.807) is 0 Å². The van der Waals surface area contributed by atoms with Gasteiger partial charge in [-0.3, -0.25) is 0 Å². The largest absolute Gasteiger partial charge is 0.464 e. The number of hydrogen-bond donors (Lipinski definition) is 1. The number of aromatic nitrogens is 2. The summed E-state index contributed by atoms with van der Waals surface area (Å²) in [6.07, 6.45) is 1.73. The summed E-state index contributed by atoms with van der Waals surface area (Å²) >= 11 is 0. The number of anilines is 1. The molecule has 0 saturated carbocycles. The third-order valence-electron chi connectivity index (χ3n) is 3.77. The highest BCUT2D eigenvalue weighted by Gasteiger charge is 2.29. The Labute approximate surface area is 112 Å². The van der Waals surface area contributed by atoms with Crippen LogP contribution >= 0.6 is 0 Å². The number of rotatable bonds is 4. The van der Waals surface area contributed by atoms with E-state index in [-0.39, 0.29) is 11.7 Å². The lowest BCUT2D eigenvalue weighted by atomic mass is 10.0. The number of esters is 1. The summed E-state index contributed by atoms with van der Waals surface area (Å²) in [6, 6.07) is 0.170. The molecule has 2 heterocycles. The fraction of sp³-hybridized carbons (Fsp3) is 0.692. The molecule has 19 heavy (non-hydrogen) atoms. The molecule has 0 spiro atoms. The molecule has 0 aliphatic carbocycles. The first-order chi connectivity index (χ1) is 9.10. The minimum absolute atomic E-state index is 0.170. The van der Waals surface area contributed by atoms with Crippen LogP contribution in [0.4, 0.5) is 5.82 Å². The lowest BCUT2D eigenvalue weighted by Gasteiger charge is -2.22. The third kappa shape index (κ3) is 2.45. The van der Waals surface area contributed by atoms with E-state index in [4.69, 9.17) is 15.2 Å². The van der Waals surface area contributed by atoms with Crippen molar-refractivity contribution in [3.8, 4) is 0 Å². The maximum absolute atomic E-state index is 11.7. The van der Waals surface area contributed by atoms with Gasteiger partial charge in [-0.2, -0.15) is 0 Å². The Morgan fingerprint density at radius 1 is 1.68 bits per heavy atom. The predicted molar refractivity (Wildman–Crippen MR) is 71.0 cm³/mol. The highest BCUT2D eigenvalue weighted by Crippen LogP contribution is 2.31. The highest BCUT2D eigenvalue weighted by molar-refractivity contribution is 5.92. The first-order valence-electron chi connectivity index (χ1n) is 6.62. The van der Waals surface area contributed by atoms with E-state index >= 15 is 0 Å². The maximum atomic E-state index is 11.7. The summed E-state index contributed by atoms with van der Waals surface area (Å²) in [6.45, 7) is 5.61. The fourth-order valence-corrected chi connectivity index (χ4v) is 2.59. The molecule has 1 aromatic rings. The zero-order valence-electron chi connectivity index (χ0n) is 11.7. The number of hydrogen-bond acceptors (Lipinski definition) is 5. The van der Waals surface area contributed by atoms with E-state index in [0.29, 0.717) is 11.7 Å². The van der Waals surface area contributed by atoms with E-state index in [9.17, 15) is 4.79 Å². The molecule has 2 N–H and O–H groups in total. The minimum atomic E-state index is -0.485. The van der Waals surface area contributed by atoms with Gasteiger partial charge in [0.1, 0.15) is 11.6 Å². The average molecular weight is 267 g/mol. The van der Waals surface area contributed by atoms with E-state index in [2.05, 4.69) is 11.9 Å². The maximum Gasteiger partial charge on any atom is 0.360 e. The molecule has 1 aliphatic rings. The molecule has 6 nitrogen and oxygen atoms in total. The lowest BCUT2D eigenvalue weighted by Crippen LogP contribution is -2.20. The number of carbonyl (C=O) groups is 1. The molecular weight excluding hydrogens is 246 g/mol. The Hall–Kier alpha value is -1.56. The molecule has 0 radical (unpaired) electrons. The molecule has 1 saturated heterocycles. The van der Waals surface area contributed by atoms with Gasteiger partial charge in [-0.25, -0.2) is 9.78 Å². The van der Waals surface area contributed by atoms with Crippen LogP contribution in [0.1, 0.15) is 42.6 Å². The fourth-order valence-electron chi connectivity index (χ4n) is 2.59. The van der Waals surface area contributed by atoms with Crippen LogP contribution < -0.4 is 5.73 Å². The number of imidazole rings is 1. The summed E-state index contributed by atoms with van der Waals surface area (Å²) in [4.78, 5) is 16.0. The van der Waals surface area contributed by atoms with Crippen molar-refractivity contribution in [3.63, 3.8) is 0 Å². The van der Waals surface area contributed by atoms with Crippen LogP contribution in [-0.2, 0) is 15.9 Å². The van der Waals surface area contributed by atoms with E-state index < -0.39 is 5.97 Å². The molecule has 2 rings (SSSR count). The third-order valence-corrected chi connectivity index (χ3v) is 3.77. The molecule has 0 aromatic carbocycles. The number of aryl methyl sites for hydroxylation is 1. The summed E-state index contributed by atoms with van der Waals surface area (Å²) in [5.41, 5.74) is 6.30. The summed E-state index contributed by atoms with van der Waals surface area (Å²) in [5.74, 6) is 1.13. The molecule has 1 aromatic heterocycles. The first kappa shape index (κ1) is 13.9. The molecule has 2 unspecified atom stereocenters. The Morgan fingerprint density at radius 2 is 2.42 bits per heavy atom. The van der Waals surface area contributed by atoms with Gasteiger partial charge < -0.3 is 19.8 Å². The Balaban J connectivity index is 2.37. The highest BCUT2D eigenvalue weighted by atomic mass is 16.5. The smallest absolute Gasteiger partial charge is 0.360 e. The topological polar surface area (TPSA) is 79.4 Å². The van der Waals surface area contributed by atoms with Crippen molar-refractivity contribution < 1.29 is 14.3 Å². The van der Waals surface area contributed by atoms with Gasteiger partial charge in [-0.15, -0.1) is 0 Å². The van der Waals surface area contributed by atoms with Crippen LogP contribution in [0.5, 0.6) is 0 Å². The molecule has 6 heteroatoms.